The number of carbonyl (C=O) groups excluding carboxylic acids is 1. The lowest BCUT2D eigenvalue weighted by Crippen LogP contribution is -2.31. The van der Waals surface area contributed by atoms with Crippen LogP contribution in [0.5, 0.6) is 0 Å². The van der Waals surface area contributed by atoms with E-state index in [1.54, 1.807) is 12.1 Å². The van der Waals surface area contributed by atoms with Crippen molar-refractivity contribution in [2.75, 3.05) is 12.3 Å². The minimum atomic E-state index is -0.166. The van der Waals surface area contributed by atoms with E-state index in [2.05, 4.69) is 15.3 Å². The van der Waals surface area contributed by atoms with Crippen molar-refractivity contribution < 1.29 is 4.79 Å². The molecule has 1 saturated carbocycles. The Morgan fingerprint density at radius 2 is 2.04 bits per heavy atom. The molecular formula is C17H21N3O2S. The van der Waals surface area contributed by atoms with Crippen LogP contribution in [0.4, 0.5) is 0 Å². The molecule has 1 aromatic carbocycles. The molecule has 1 fully saturated rings. The van der Waals surface area contributed by atoms with Gasteiger partial charge in [-0.2, -0.15) is 0 Å². The van der Waals surface area contributed by atoms with Crippen molar-refractivity contribution in [1.29, 1.82) is 0 Å². The minimum Gasteiger partial charge on any atom is -0.355 e. The molecule has 122 valence electrons. The maximum atomic E-state index is 12.0. The first-order chi connectivity index (χ1) is 11.2. The molecule has 0 spiro atoms. The molecule has 6 heteroatoms. The Morgan fingerprint density at radius 3 is 2.87 bits per heavy atom. The number of fused-ring (bicyclic) bond motifs is 1. The van der Waals surface area contributed by atoms with Gasteiger partial charge in [0.2, 0.25) is 5.91 Å². The van der Waals surface area contributed by atoms with Gasteiger partial charge in [-0.25, -0.2) is 4.98 Å². The van der Waals surface area contributed by atoms with E-state index in [1.807, 2.05) is 12.1 Å². The summed E-state index contributed by atoms with van der Waals surface area (Å²) >= 11 is 1.27. The maximum Gasteiger partial charge on any atom is 0.259 e. The number of nitrogens with one attached hydrogen (secondary N) is 2. The van der Waals surface area contributed by atoms with Crippen LogP contribution in [0.15, 0.2) is 34.2 Å². The van der Waals surface area contributed by atoms with Gasteiger partial charge >= 0.3 is 0 Å². The van der Waals surface area contributed by atoms with E-state index in [0.29, 0.717) is 22.0 Å². The van der Waals surface area contributed by atoms with E-state index < -0.39 is 0 Å². The summed E-state index contributed by atoms with van der Waals surface area (Å²) in [5.74, 6) is 0.890. The first-order valence-electron chi connectivity index (χ1n) is 8.11. The maximum absolute atomic E-state index is 12.0. The number of rotatable bonds is 5. The molecule has 5 nitrogen and oxygen atoms in total. The van der Waals surface area contributed by atoms with Crippen LogP contribution in [0.2, 0.25) is 0 Å². The van der Waals surface area contributed by atoms with Crippen molar-refractivity contribution in [2.24, 2.45) is 5.92 Å². The topological polar surface area (TPSA) is 74.8 Å². The highest BCUT2D eigenvalue weighted by Gasteiger charge is 2.14. The van der Waals surface area contributed by atoms with Gasteiger partial charge in [0, 0.05) is 6.54 Å². The fraction of sp³-hybridized carbons (Fsp3) is 0.471. The first-order valence-corrected chi connectivity index (χ1v) is 9.09. The number of benzene rings is 1. The van der Waals surface area contributed by atoms with Crippen LogP contribution in [0.25, 0.3) is 10.9 Å². The lowest BCUT2D eigenvalue weighted by Gasteiger charge is -2.21. The highest BCUT2D eigenvalue weighted by molar-refractivity contribution is 7.99. The zero-order chi connectivity index (χ0) is 16.1. The zero-order valence-electron chi connectivity index (χ0n) is 13.0. The number of H-pyrrole nitrogens is 1. The first kappa shape index (κ1) is 16.1. The predicted molar refractivity (Wildman–Crippen MR) is 92.7 cm³/mol. The van der Waals surface area contributed by atoms with Crippen LogP contribution in [0.3, 0.4) is 0 Å². The molecule has 0 bridgehead atoms. The lowest BCUT2D eigenvalue weighted by atomic mass is 9.89. The predicted octanol–water partition coefficient (Wildman–Crippen LogP) is 2.71. The number of aromatic amines is 1. The average molecular weight is 331 g/mol. The van der Waals surface area contributed by atoms with E-state index in [4.69, 9.17) is 0 Å². The normalized spacial score (nSPS) is 15.7. The number of amides is 1. The van der Waals surface area contributed by atoms with E-state index >= 15 is 0 Å². The Kier molecular flexibility index (Phi) is 5.33. The van der Waals surface area contributed by atoms with Crippen LogP contribution in [0.1, 0.15) is 32.1 Å². The molecule has 0 unspecified atom stereocenters. The van der Waals surface area contributed by atoms with Gasteiger partial charge in [-0.1, -0.05) is 43.2 Å². The smallest absolute Gasteiger partial charge is 0.259 e. The number of aromatic nitrogens is 2. The third-order valence-corrected chi connectivity index (χ3v) is 5.12. The third-order valence-electron chi connectivity index (χ3n) is 4.24. The van der Waals surface area contributed by atoms with Crippen molar-refractivity contribution >= 4 is 28.6 Å². The number of nitrogens with zero attached hydrogens (tertiary/aromatic N) is 1. The van der Waals surface area contributed by atoms with Crippen LogP contribution >= 0.6 is 11.8 Å². The fourth-order valence-corrected chi connectivity index (χ4v) is 3.67. The largest absolute Gasteiger partial charge is 0.355 e. The summed E-state index contributed by atoms with van der Waals surface area (Å²) in [6.07, 6.45) is 6.30. The molecule has 23 heavy (non-hydrogen) atoms. The molecule has 1 aliphatic carbocycles. The molecule has 1 aliphatic rings. The minimum absolute atomic E-state index is 0.00335. The van der Waals surface area contributed by atoms with Crippen molar-refractivity contribution in [3.05, 3.63) is 34.6 Å². The summed E-state index contributed by atoms with van der Waals surface area (Å²) in [5, 5.41) is 4.05. The van der Waals surface area contributed by atoms with Crippen LogP contribution in [-0.2, 0) is 4.79 Å². The highest BCUT2D eigenvalue weighted by atomic mass is 32.2. The summed E-state index contributed by atoms with van der Waals surface area (Å²) in [4.78, 5) is 31.0. The second-order valence-corrected chi connectivity index (χ2v) is 6.95. The fourth-order valence-electron chi connectivity index (χ4n) is 2.97. The molecule has 1 heterocycles. The summed E-state index contributed by atoms with van der Waals surface area (Å²) in [6, 6.07) is 7.20. The van der Waals surface area contributed by atoms with E-state index in [9.17, 15) is 9.59 Å². The van der Waals surface area contributed by atoms with Crippen LogP contribution in [-0.4, -0.2) is 28.2 Å². The molecule has 0 atom stereocenters. The Labute approximate surface area is 139 Å². The Hall–Kier alpha value is -1.82. The monoisotopic (exact) mass is 331 g/mol. The third kappa shape index (κ3) is 4.34. The van der Waals surface area contributed by atoms with Crippen LogP contribution < -0.4 is 10.9 Å². The quantitative estimate of drug-likeness (QED) is 0.652. The highest BCUT2D eigenvalue weighted by Crippen LogP contribution is 2.22. The van der Waals surface area contributed by atoms with Crippen LogP contribution in [0, 0.1) is 5.92 Å². The van der Waals surface area contributed by atoms with Gasteiger partial charge in [0.05, 0.1) is 16.7 Å². The second kappa shape index (κ2) is 7.64. The Bertz CT molecular complexity index is 738. The van der Waals surface area contributed by atoms with Gasteiger partial charge in [-0.05, 0) is 30.9 Å². The standard InChI is InChI=1S/C17H21N3O2S/c21-15(18-10-12-6-2-1-3-7-12)11-23-17-19-14-9-5-4-8-13(14)16(22)20-17/h4-5,8-9,12H,1-3,6-7,10-11H2,(H,18,21)(H,19,20,22). The average Bonchev–Trinajstić information content (AvgIpc) is 2.59. The van der Waals surface area contributed by atoms with Gasteiger partial charge in [-0.15, -0.1) is 0 Å². The van der Waals surface area contributed by atoms with Crippen molar-refractivity contribution in [3.8, 4) is 0 Å². The lowest BCUT2D eigenvalue weighted by molar-refractivity contribution is -0.118. The molecule has 3 rings (SSSR count). The van der Waals surface area contributed by atoms with E-state index in [1.165, 1.54) is 43.9 Å². The number of hydrogen-bond acceptors (Lipinski definition) is 4. The molecule has 2 aromatic rings. The number of carbonyl (C=O) groups is 1. The van der Waals surface area contributed by atoms with Crippen molar-refractivity contribution in [2.45, 2.75) is 37.3 Å². The Morgan fingerprint density at radius 1 is 1.26 bits per heavy atom. The van der Waals surface area contributed by atoms with E-state index in [-0.39, 0.29) is 17.2 Å². The molecule has 1 aromatic heterocycles. The summed E-state index contributed by atoms with van der Waals surface area (Å²) in [6.45, 7) is 0.765. The molecule has 0 radical (unpaired) electrons. The van der Waals surface area contributed by atoms with Gasteiger partial charge < -0.3 is 10.3 Å². The summed E-state index contributed by atoms with van der Waals surface area (Å²) < 4.78 is 0. The van der Waals surface area contributed by atoms with Crippen molar-refractivity contribution in [1.82, 2.24) is 15.3 Å². The SMILES string of the molecule is O=C(CSc1nc2ccccc2c(=O)[nH]1)NCC1CCCCC1. The molecular weight excluding hydrogens is 310 g/mol. The zero-order valence-corrected chi connectivity index (χ0v) is 13.8. The molecule has 1 amide bonds. The Balaban J connectivity index is 1.53. The van der Waals surface area contributed by atoms with E-state index in [0.717, 1.165) is 6.54 Å². The molecule has 0 saturated heterocycles. The number of thioether (sulfide) groups is 1. The molecule has 2 N–H and O–H groups in total. The van der Waals surface area contributed by atoms with Gasteiger partial charge in [0.1, 0.15) is 0 Å². The second-order valence-electron chi connectivity index (χ2n) is 5.99. The van der Waals surface area contributed by atoms with Crippen molar-refractivity contribution in [3.63, 3.8) is 0 Å². The summed E-state index contributed by atoms with van der Waals surface area (Å²) in [5.41, 5.74) is 0.488. The van der Waals surface area contributed by atoms with Gasteiger partial charge in [0.25, 0.3) is 5.56 Å². The number of para-hydroxylation sites is 1. The number of hydrogen-bond donors (Lipinski definition) is 2. The molecule has 0 aliphatic heterocycles. The summed E-state index contributed by atoms with van der Waals surface area (Å²) in [7, 11) is 0. The van der Waals surface area contributed by atoms with Gasteiger partial charge in [-0.3, -0.25) is 9.59 Å². The van der Waals surface area contributed by atoms with Gasteiger partial charge in [0.15, 0.2) is 5.16 Å².